The Morgan fingerprint density at radius 3 is 2.02 bits per heavy atom. The zero-order chi connectivity index (χ0) is 28.5. The minimum atomic E-state index is 0.542. The highest BCUT2D eigenvalue weighted by Crippen LogP contribution is 2.42. The number of methoxy groups -OCH3 is 2. The monoisotopic (exact) mass is 551 g/mol. The number of aromatic nitrogens is 5. The fourth-order valence-electron chi connectivity index (χ4n) is 5.63. The number of hydrogen-bond acceptors (Lipinski definition) is 5. The fourth-order valence-corrected chi connectivity index (χ4v) is 5.63. The largest absolute Gasteiger partial charge is 0.493 e. The summed E-state index contributed by atoms with van der Waals surface area (Å²) in [6.45, 7) is 0.671. The van der Waals surface area contributed by atoms with Crippen LogP contribution in [0, 0.1) is 0 Å². The van der Waals surface area contributed by atoms with Crippen molar-refractivity contribution < 1.29 is 9.47 Å². The van der Waals surface area contributed by atoms with E-state index in [2.05, 4.69) is 77.4 Å². The van der Waals surface area contributed by atoms with Crippen LogP contribution in [0.2, 0.25) is 0 Å². The predicted molar refractivity (Wildman–Crippen MR) is 165 cm³/mol. The molecule has 0 bridgehead atoms. The van der Waals surface area contributed by atoms with E-state index >= 15 is 0 Å². The highest BCUT2D eigenvalue weighted by molar-refractivity contribution is 6.09. The van der Waals surface area contributed by atoms with E-state index in [0.29, 0.717) is 30.3 Å². The number of ether oxygens (including phenoxy) is 2. The Morgan fingerprint density at radius 2 is 1.33 bits per heavy atom. The molecule has 0 amide bonds. The molecule has 7 aromatic rings. The molecule has 0 spiro atoms. The van der Waals surface area contributed by atoms with Crippen molar-refractivity contribution in [3.63, 3.8) is 0 Å². The lowest BCUT2D eigenvalue weighted by molar-refractivity contribution is 0.354. The third-order valence-corrected chi connectivity index (χ3v) is 7.53. The lowest BCUT2D eigenvalue weighted by Gasteiger charge is -2.13. The lowest BCUT2D eigenvalue weighted by atomic mass is 9.99. The van der Waals surface area contributed by atoms with Crippen LogP contribution < -0.4 is 9.47 Å². The Labute approximate surface area is 243 Å². The average Bonchev–Trinajstić information content (AvgIpc) is 3.60. The standard InChI is InChI=1S/C35H29N5O2/c1-41-28-19-18-25(20-29(28)42-2)21-30-37-35-32-31(26-14-8-4-9-15-26)33(27-16-10-5-11-17-27)39(22-24-12-6-3-7-13-24)34(32)36-23-40(35)38-30/h3-20,23H,21-22H2,1-2H3. The molecule has 0 fully saturated rings. The van der Waals surface area contributed by atoms with Crippen LogP contribution in [-0.4, -0.2) is 38.4 Å². The van der Waals surface area contributed by atoms with Crippen LogP contribution in [-0.2, 0) is 13.0 Å². The minimum absolute atomic E-state index is 0.542. The van der Waals surface area contributed by atoms with Crippen molar-refractivity contribution in [2.24, 2.45) is 0 Å². The number of benzene rings is 4. The predicted octanol–water partition coefficient (Wildman–Crippen LogP) is 7.07. The van der Waals surface area contributed by atoms with Gasteiger partial charge in [-0.15, -0.1) is 5.10 Å². The molecule has 0 aliphatic carbocycles. The molecule has 42 heavy (non-hydrogen) atoms. The van der Waals surface area contributed by atoms with Crippen LogP contribution in [0.1, 0.15) is 17.0 Å². The van der Waals surface area contributed by atoms with E-state index < -0.39 is 0 Å². The Hall–Kier alpha value is -5.43. The molecule has 0 radical (unpaired) electrons. The van der Waals surface area contributed by atoms with Gasteiger partial charge in [-0.1, -0.05) is 97.1 Å². The van der Waals surface area contributed by atoms with E-state index in [1.807, 2.05) is 36.4 Å². The Morgan fingerprint density at radius 1 is 0.667 bits per heavy atom. The SMILES string of the molecule is COc1ccc(Cc2nc3c4c(-c5ccccc5)c(-c5ccccc5)n(Cc5ccccc5)c4ncn3n2)cc1OC. The summed E-state index contributed by atoms with van der Waals surface area (Å²) < 4.78 is 15.0. The highest BCUT2D eigenvalue weighted by Gasteiger charge is 2.25. The Balaban J connectivity index is 1.47. The summed E-state index contributed by atoms with van der Waals surface area (Å²) in [5, 5.41) is 5.82. The zero-order valence-corrected chi connectivity index (χ0v) is 23.4. The van der Waals surface area contributed by atoms with Gasteiger partial charge in [-0.25, -0.2) is 14.5 Å². The van der Waals surface area contributed by atoms with E-state index in [4.69, 9.17) is 24.5 Å². The van der Waals surface area contributed by atoms with Crippen molar-refractivity contribution in [1.29, 1.82) is 0 Å². The molecule has 7 rings (SSSR count). The zero-order valence-electron chi connectivity index (χ0n) is 23.4. The van der Waals surface area contributed by atoms with Gasteiger partial charge in [0.1, 0.15) is 12.0 Å². The van der Waals surface area contributed by atoms with Gasteiger partial charge in [-0.2, -0.15) is 0 Å². The topological polar surface area (TPSA) is 66.5 Å². The van der Waals surface area contributed by atoms with E-state index in [1.165, 1.54) is 5.56 Å². The third kappa shape index (κ3) is 4.55. The molecule has 7 nitrogen and oxygen atoms in total. The van der Waals surface area contributed by atoms with Gasteiger partial charge in [0.25, 0.3) is 0 Å². The summed E-state index contributed by atoms with van der Waals surface area (Å²) >= 11 is 0. The Bertz CT molecular complexity index is 2000. The summed E-state index contributed by atoms with van der Waals surface area (Å²) in [4.78, 5) is 10.1. The summed E-state index contributed by atoms with van der Waals surface area (Å²) in [6.07, 6.45) is 2.31. The second-order valence-electron chi connectivity index (χ2n) is 10.1. The molecule has 0 aliphatic heterocycles. The van der Waals surface area contributed by atoms with E-state index in [1.54, 1.807) is 25.1 Å². The molecule has 4 aromatic carbocycles. The van der Waals surface area contributed by atoms with Gasteiger partial charge in [0, 0.05) is 18.5 Å². The number of rotatable bonds is 8. The van der Waals surface area contributed by atoms with Crippen molar-refractivity contribution in [1.82, 2.24) is 24.1 Å². The molecule has 0 atom stereocenters. The molecule has 0 aliphatic rings. The van der Waals surface area contributed by atoms with Gasteiger partial charge < -0.3 is 14.0 Å². The molecule has 3 heterocycles. The number of fused-ring (bicyclic) bond motifs is 3. The molecule has 7 heteroatoms. The first kappa shape index (κ1) is 25.5. The van der Waals surface area contributed by atoms with Gasteiger partial charge in [0.2, 0.25) is 0 Å². The number of nitrogens with zero attached hydrogens (tertiary/aromatic N) is 5. The molecular formula is C35H29N5O2. The van der Waals surface area contributed by atoms with Crippen LogP contribution in [0.4, 0.5) is 0 Å². The smallest absolute Gasteiger partial charge is 0.169 e. The van der Waals surface area contributed by atoms with Gasteiger partial charge in [-0.05, 0) is 34.4 Å². The summed E-state index contributed by atoms with van der Waals surface area (Å²) in [7, 11) is 3.28. The first-order valence-corrected chi connectivity index (χ1v) is 13.9. The fraction of sp³-hybridized carbons (Fsp3) is 0.114. The molecule has 0 N–H and O–H groups in total. The molecule has 0 unspecified atom stereocenters. The lowest BCUT2D eigenvalue weighted by Crippen LogP contribution is -2.03. The normalized spacial score (nSPS) is 11.3. The van der Waals surface area contributed by atoms with Crippen LogP contribution in [0.15, 0.2) is 116 Å². The van der Waals surface area contributed by atoms with Crippen LogP contribution in [0.5, 0.6) is 11.5 Å². The first-order chi connectivity index (χ1) is 20.7. The van der Waals surface area contributed by atoms with E-state index in [-0.39, 0.29) is 0 Å². The van der Waals surface area contributed by atoms with Gasteiger partial charge >= 0.3 is 0 Å². The van der Waals surface area contributed by atoms with Crippen molar-refractivity contribution in [3.05, 3.63) is 132 Å². The average molecular weight is 552 g/mol. The van der Waals surface area contributed by atoms with Crippen molar-refractivity contribution >= 4 is 16.7 Å². The molecule has 0 saturated heterocycles. The second-order valence-corrected chi connectivity index (χ2v) is 10.1. The van der Waals surface area contributed by atoms with E-state index in [9.17, 15) is 0 Å². The van der Waals surface area contributed by atoms with Gasteiger partial charge in [0.05, 0.1) is 25.3 Å². The van der Waals surface area contributed by atoms with Crippen LogP contribution >= 0.6 is 0 Å². The summed E-state index contributed by atoms with van der Waals surface area (Å²) in [6, 6.07) is 37.4. The maximum absolute atomic E-state index is 5.52. The summed E-state index contributed by atoms with van der Waals surface area (Å²) in [5.41, 5.74) is 8.29. The maximum Gasteiger partial charge on any atom is 0.169 e. The van der Waals surface area contributed by atoms with Gasteiger partial charge in [0.15, 0.2) is 23.0 Å². The third-order valence-electron chi connectivity index (χ3n) is 7.53. The molecule has 0 saturated carbocycles. The van der Waals surface area contributed by atoms with E-state index in [0.717, 1.165) is 44.6 Å². The molecular weight excluding hydrogens is 522 g/mol. The van der Waals surface area contributed by atoms with Crippen LogP contribution in [0.25, 0.3) is 39.1 Å². The maximum atomic E-state index is 5.52. The number of hydrogen-bond donors (Lipinski definition) is 0. The molecule has 206 valence electrons. The van der Waals surface area contributed by atoms with Crippen LogP contribution in [0.3, 0.4) is 0 Å². The van der Waals surface area contributed by atoms with Crippen molar-refractivity contribution in [2.45, 2.75) is 13.0 Å². The highest BCUT2D eigenvalue weighted by atomic mass is 16.5. The molecule has 3 aromatic heterocycles. The quantitative estimate of drug-likeness (QED) is 0.202. The minimum Gasteiger partial charge on any atom is -0.493 e. The summed E-state index contributed by atoms with van der Waals surface area (Å²) in [5.74, 6) is 2.07. The second kappa shape index (κ2) is 10.9. The first-order valence-electron chi connectivity index (χ1n) is 13.9. The Kier molecular flexibility index (Phi) is 6.60. The van der Waals surface area contributed by atoms with Crippen molar-refractivity contribution in [3.8, 4) is 33.9 Å². The van der Waals surface area contributed by atoms with Crippen molar-refractivity contribution in [2.75, 3.05) is 14.2 Å². The van der Waals surface area contributed by atoms with Gasteiger partial charge in [-0.3, -0.25) is 0 Å².